The van der Waals surface area contributed by atoms with Gasteiger partial charge in [0.1, 0.15) is 10.9 Å². The van der Waals surface area contributed by atoms with E-state index < -0.39 is 11.9 Å². The zero-order valence-corrected chi connectivity index (χ0v) is 17.9. The summed E-state index contributed by atoms with van der Waals surface area (Å²) in [7, 11) is 0. The Morgan fingerprint density at radius 3 is 2.93 bits per heavy atom. The van der Waals surface area contributed by atoms with Crippen molar-refractivity contribution in [3.05, 3.63) is 60.9 Å². The van der Waals surface area contributed by atoms with Gasteiger partial charge in [0, 0.05) is 15.5 Å². The van der Waals surface area contributed by atoms with Gasteiger partial charge in [-0.1, -0.05) is 29.3 Å². The molecule has 0 aliphatic heterocycles. The number of halogens is 2. The molecule has 3 aromatic rings. The number of rotatable bonds is 4. The smallest absolute Gasteiger partial charge is 0.263 e. The second kappa shape index (κ2) is 8.26. The summed E-state index contributed by atoms with van der Waals surface area (Å²) in [4.78, 5) is 32.0. The molecule has 1 atom stereocenters. The molecule has 1 aliphatic carbocycles. The molecule has 9 heteroatoms. The molecule has 0 bridgehead atoms. The second-order valence-electron chi connectivity index (χ2n) is 6.92. The lowest BCUT2D eigenvalue weighted by Crippen LogP contribution is -2.34. The van der Waals surface area contributed by atoms with E-state index in [0.29, 0.717) is 21.0 Å². The standard InChI is InChI=1S/C20H18Cl2N4O2S/c1-11(18(27)25-24-9-12-6-7-13(21)8-15(12)22)26-10-23-19-17(20(26)28)14-4-2-3-5-16(14)29-19/h6-11H,2-5H2,1H3,(H,25,27)/b24-9+/t11-/m1/s1. The first-order valence-electron chi connectivity index (χ1n) is 9.25. The first-order chi connectivity index (χ1) is 14.0. The summed E-state index contributed by atoms with van der Waals surface area (Å²) in [5, 5.41) is 5.54. The Morgan fingerprint density at radius 2 is 2.14 bits per heavy atom. The van der Waals surface area contributed by atoms with E-state index in [2.05, 4.69) is 15.5 Å². The van der Waals surface area contributed by atoms with Gasteiger partial charge < -0.3 is 0 Å². The van der Waals surface area contributed by atoms with Crippen molar-refractivity contribution in [3.63, 3.8) is 0 Å². The Kier molecular flexibility index (Phi) is 5.72. The second-order valence-corrected chi connectivity index (χ2v) is 8.85. The number of hydrogen-bond donors (Lipinski definition) is 1. The minimum absolute atomic E-state index is 0.179. The third kappa shape index (κ3) is 3.95. The molecule has 1 aromatic carbocycles. The van der Waals surface area contributed by atoms with Crippen molar-refractivity contribution in [2.24, 2.45) is 5.10 Å². The number of nitrogens with one attached hydrogen (secondary N) is 1. The highest BCUT2D eigenvalue weighted by Gasteiger charge is 2.23. The zero-order valence-electron chi connectivity index (χ0n) is 15.6. The molecular formula is C20H18Cl2N4O2S. The van der Waals surface area contributed by atoms with Gasteiger partial charge in [-0.05, 0) is 50.3 Å². The summed E-state index contributed by atoms with van der Waals surface area (Å²) in [6, 6.07) is 4.22. The maximum Gasteiger partial charge on any atom is 0.263 e. The van der Waals surface area contributed by atoms with Gasteiger partial charge in [0.15, 0.2) is 0 Å². The molecule has 0 spiro atoms. The van der Waals surface area contributed by atoms with Crippen LogP contribution in [0.1, 0.15) is 41.8 Å². The topological polar surface area (TPSA) is 76.3 Å². The first kappa shape index (κ1) is 20.1. The molecular weight excluding hydrogens is 431 g/mol. The van der Waals surface area contributed by atoms with Crippen LogP contribution in [-0.2, 0) is 17.6 Å². The molecule has 0 saturated heterocycles. The van der Waals surface area contributed by atoms with Crippen molar-refractivity contribution in [2.45, 2.75) is 38.6 Å². The van der Waals surface area contributed by atoms with Crippen LogP contribution in [0.3, 0.4) is 0 Å². The minimum atomic E-state index is -0.753. The number of carbonyl (C=O) groups excluding carboxylic acids is 1. The fourth-order valence-electron chi connectivity index (χ4n) is 3.43. The summed E-state index contributed by atoms with van der Waals surface area (Å²) in [5.74, 6) is -0.418. The van der Waals surface area contributed by atoms with Gasteiger partial charge in [-0.25, -0.2) is 10.4 Å². The van der Waals surface area contributed by atoms with E-state index in [0.717, 1.165) is 36.1 Å². The molecule has 2 heterocycles. The molecule has 29 heavy (non-hydrogen) atoms. The van der Waals surface area contributed by atoms with Crippen molar-refractivity contribution >= 4 is 56.9 Å². The number of hydrogen-bond acceptors (Lipinski definition) is 5. The minimum Gasteiger partial charge on any atom is -0.286 e. The summed E-state index contributed by atoms with van der Waals surface area (Å²) in [5.41, 5.74) is 4.00. The van der Waals surface area contributed by atoms with Crippen molar-refractivity contribution in [1.29, 1.82) is 0 Å². The average molecular weight is 449 g/mol. The highest BCUT2D eigenvalue weighted by atomic mass is 35.5. The van der Waals surface area contributed by atoms with Crippen molar-refractivity contribution in [3.8, 4) is 0 Å². The van der Waals surface area contributed by atoms with Crippen LogP contribution >= 0.6 is 34.5 Å². The number of aryl methyl sites for hydroxylation is 2. The van der Waals surface area contributed by atoms with Crippen LogP contribution < -0.4 is 11.0 Å². The van der Waals surface area contributed by atoms with Crippen LogP contribution in [0.25, 0.3) is 10.2 Å². The summed E-state index contributed by atoms with van der Waals surface area (Å²) in [6.45, 7) is 1.65. The molecule has 2 aromatic heterocycles. The van der Waals surface area contributed by atoms with E-state index in [4.69, 9.17) is 23.2 Å². The molecule has 1 amide bonds. The predicted octanol–water partition coefficient (Wildman–Crippen LogP) is 4.35. The van der Waals surface area contributed by atoms with Crippen molar-refractivity contribution in [1.82, 2.24) is 15.0 Å². The van der Waals surface area contributed by atoms with E-state index in [1.54, 1.807) is 36.5 Å². The first-order valence-corrected chi connectivity index (χ1v) is 10.8. The maximum absolute atomic E-state index is 13.1. The van der Waals surface area contributed by atoms with E-state index in [-0.39, 0.29) is 5.56 Å². The Morgan fingerprint density at radius 1 is 1.34 bits per heavy atom. The normalized spacial score (nSPS) is 14.9. The molecule has 150 valence electrons. The molecule has 0 radical (unpaired) electrons. The summed E-state index contributed by atoms with van der Waals surface area (Å²) >= 11 is 13.5. The Labute approximate surface area is 181 Å². The Bertz CT molecular complexity index is 1190. The predicted molar refractivity (Wildman–Crippen MR) is 117 cm³/mol. The number of nitrogens with zero attached hydrogens (tertiary/aromatic N) is 3. The van der Waals surface area contributed by atoms with E-state index >= 15 is 0 Å². The van der Waals surface area contributed by atoms with E-state index in [1.165, 1.54) is 22.0 Å². The van der Waals surface area contributed by atoms with E-state index in [1.807, 2.05) is 0 Å². The highest BCUT2D eigenvalue weighted by Crippen LogP contribution is 2.33. The lowest BCUT2D eigenvalue weighted by Gasteiger charge is -2.14. The van der Waals surface area contributed by atoms with Crippen LogP contribution in [0.15, 0.2) is 34.4 Å². The fourth-order valence-corrected chi connectivity index (χ4v) is 5.10. The molecule has 4 rings (SSSR count). The van der Waals surface area contributed by atoms with Crippen LogP contribution in [0.4, 0.5) is 0 Å². The average Bonchev–Trinajstić information content (AvgIpc) is 3.08. The molecule has 1 N–H and O–H groups in total. The van der Waals surface area contributed by atoms with Gasteiger partial charge in [0.05, 0.1) is 23.0 Å². The zero-order chi connectivity index (χ0) is 20.5. The summed E-state index contributed by atoms with van der Waals surface area (Å²) < 4.78 is 1.37. The van der Waals surface area contributed by atoms with E-state index in [9.17, 15) is 9.59 Å². The third-order valence-electron chi connectivity index (χ3n) is 5.04. The molecule has 1 aliphatic rings. The fraction of sp³-hybridized carbons (Fsp3) is 0.300. The molecule has 0 saturated carbocycles. The van der Waals surface area contributed by atoms with Crippen LogP contribution in [-0.4, -0.2) is 21.7 Å². The van der Waals surface area contributed by atoms with Gasteiger partial charge >= 0.3 is 0 Å². The van der Waals surface area contributed by atoms with Crippen LogP contribution in [0.2, 0.25) is 10.0 Å². The SMILES string of the molecule is C[C@H](C(=O)N/N=C/c1ccc(Cl)cc1Cl)n1cnc2sc3c(c2c1=O)CCCC3. The van der Waals surface area contributed by atoms with Crippen molar-refractivity contribution in [2.75, 3.05) is 0 Å². The molecule has 6 nitrogen and oxygen atoms in total. The highest BCUT2D eigenvalue weighted by molar-refractivity contribution is 7.18. The number of thiophene rings is 1. The third-order valence-corrected chi connectivity index (χ3v) is 6.80. The van der Waals surface area contributed by atoms with Crippen LogP contribution in [0, 0.1) is 0 Å². The summed E-state index contributed by atoms with van der Waals surface area (Å²) in [6.07, 6.45) is 6.98. The monoisotopic (exact) mass is 448 g/mol. The number of aromatic nitrogens is 2. The largest absolute Gasteiger partial charge is 0.286 e. The van der Waals surface area contributed by atoms with Crippen LogP contribution in [0.5, 0.6) is 0 Å². The molecule has 0 fully saturated rings. The quantitative estimate of drug-likeness (QED) is 0.475. The number of amides is 1. The lowest BCUT2D eigenvalue weighted by atomic mass is 9.97. The number of carbonyl (C=O) groups is 1. The van der Waals surface area contributed by atoms with Gasteiger partial charge in [-0.15, -0.1) is 11.3 Å². The maximum atomic E-state index is 13.1. The number of fused-ring (bicyclic) bond motifs is 3. The van der Waals surface area contributed by atoms with Gasteiger partial charge in [-0.3, -0.25) is 14.2 Å². The Balaban J connectivity index is 1.55. The molecule has 0 unspecified atom stereocenters. The number of benzene rings is 1. The van der Waals surface area contributed by atoms with Gasteiger partial charge in [0.25, 0.3) is 11.5 Å². The lowest BCUT2D eigenvalue weighted by molar-refractivity contribution is -0.123. The number of hydrazone groups is 1. The van der Waals surface area contributed by atoms with Crippen molar-refractivity contribution < 1.29 is 4.79 Å². The van der Waals surface area contributed by atoms with Gasteiger partial charge in [-0.2, -0.15) is 5.10 Å². The van der Waals surface area contributed by atoms with Gasteiger partial charge in [0.2, 0.25) is 0 Å². The Hall–Kier alpha value is -2.22.